The van der Waals surface area contributed by atoms with Gasteiger partial charge in [0.05, 0.1) is 0 Å². The van der Waals surface area contributed by atoms with Crippen LogP contribution in [0.5, 0.6) is 0 Å². The molecule has 0 radical (unpaired) electrons. The van der Waals surface area contributed by atoms with E-state index in [4.69, 9.17) is 5.73 Å². The summed E-state index contributed by atoms with van der Waals surface area (Å²) in [6, 6.07) is 0.750. The van der Waals surface area contributed by atoms with Crippen molar-refractivity contribution in [1.29, 1.82) is 0 Å². The molecule has 0 aliphatic heterocycles. The van der Waals surface area contributed by atoms with Crippen LogP contribution in [0.1, 0.15) is 57.8 Å². The Morgan fingerprint density at radius 1 is 1.06 bits per heavy atom. The van der Waals surface area contributed by atoms with E-state index in [1.54, 1.807) is 0 Å². The van der Waals surface area contributed by atoms with Crippen molar-refractivity contribution in [3.05, 3.63) is 0 Å². The lowest BCUT2D eigenvalue weighted by atomic mass is 9.86. The second-order valence-corrected chi connectivity index (χ2v) is 5.98. The molecular weight excluding hydrogens is 226 g/mol. The maximum atomic E-state index is 11.8. The Hall–Kier alpha value is -0.770. The highest BCUT2D eigenvalue weighted by Crippen LogP contribution is 2.22. The van der Waals surface area contributed by atoms with Gasteiger partial charge in [-0.3, -0.25) is 0 Å². The van der Waals surface area contributed by atoms with Gasteiger partial charge in [0, 0.05) is 18.6 Å². The lowest BCUT2D eigenvalue weighted by molar-refractivity contribution is 0.227. The Bertz CT molecular complexity index is 264. The second kappa shape index (κ2) is 6.98. The second-order valence-electron chi connectivity index (χ2n) is 5.98. The van der Waals surface area contributed by atoms with Crippen LogP contribution in [-0.2, 0) is 0 Å². The van der Waals surface area contributed by atoms with Gasteiger partial charge < -0.3 is 16.4 Å². The highest BCUT2D eigenvalue weighted by Gasteiger charge is 2.20. The number of hydrogen-bond donors (Lipinski definition) is 3. The molecule has 4 heteroatoms. The molecule has 4 N–H and O–H groups in total. The zero-order valence-corrected chi connectivity index (χ0v) is 11.3. The van der Waals surface area contributed by atoms with E-state index in [2.05, 4.69) is 10.6 Å². The van der Waals surface area contributed by atoms with Crippen LogP contribution < -0.4 is 16.4 Å². The van der Waals surface area contributed by atoms with Crippen molar-refractivity contribution >= 4 is 6.03 Å². The van der Waals surface area contributed by atoms with Gasteiger partial charge in [-0.05, 0) is 38.0 Å². The minimum absolute atomic E-state index is 0.0149. The quantitative estimate of drug-likeness (QED) is 0.721. The molecule has 2 fully saturated rings. The summed E-state index contributed by atoms with van der Waals surface area (Å²) in [7, 11) is 0. The molecule has 0 aromatic heterocycles. The van der Waals surface area contributed by atoms with Gasteiger partial charge in [-0.1, -0.05) is 25.7 Å². The van der Waals surface area contributed by atoms with Crippen molar-refractivity contribution in [2.45, 2.75) is 69.9 Å². The largest absolute Gasteiger partial charge is 0.338 e. The first-order valence-corrected chi connectivity index (χ1v) is 7.54. The summed E-state index contributed by atoms with van der Waals surface area (Å²) in [6.45, 7) is 0.784. The molecular formula is C14H27N3O. The number of amides is 2. The normalized spacial score (nSPS) is 29.8. The molecule has 0 bridgehead atoms. The van der Waals surface area contributed by atoms with Crippen LogP contribution in [-0.4, -0.2) is 24.7 Å². The average molecular weight is 253 g/mol. The van der Waals surface area contributed by atoms with Gasteiger partial charge in [0.25, 0.3) is 0 Å². The molecule has 2 atom stereocenters. The molecule has 0 heterocycles. The Balaban J connectivity index is 1.61. The highest BCUT2D eigenvalue weighted by atomic mass is 16.2. The summed E-state index contributed by atoms with van der Waals surface area (Å²) in [4.78, 5) is 11.8. The van der Waals surface area contributed by atoms with Crippen LogP contribution in [0.4, 0.5) is 4.79 Å². The Morgan fingerprint density at radius 3 is 2.56 bits per heavy atom. The molecule has 0 saturated heterocycles. The third-order valence-corrected chi connectivity index (χ3v) is 4.32. The molecule has 2 aliphatic carbocycles. The fourth-order valence-electron chi connectivity index (χ4n) is 3.24. The average Bonchev–Trinajstić information content (AvgIpc) is 2.38. The third kappa shape index (κ3) is 4.48. The van der Waals surface area contributed by atoms with E-state index >= 15 is 0 Å². The number of rotatable bonds is 3. The maximum absolute atomic E-state index is 11.8. The van der Waals surface area contributed by atoms with Gasteiger partial charge in [-0.25, -0.2) is 4.79 Å². The first kappa shape index (κ1) is 13.7. The predicted molar refractivity (Wildman–Crippen MR) is 73.3 cm³/mol. The van der Waals surface area contributed by atoms with Crippen molar-refractivity contribution in [2.75, 3.05) is 6.54 Å². The molecule has 104 valence electrons. The van der Waals surface area contributed by atoms with E-state index < -0.39 is 0 Å². The van der Waals surface area contributed by atoms with Gasteiger partial charge in [0.2, 0.25) is 0 Å². The predicted octanol–water partition coefficient (Wildman–Crippen LogP) is 2.14. The molecule has 2 unspecified atom stereocenters. The van der Waals surface area contributed by atoms with Gasteiger partial charge in [0.15, 0.2) is 0 Å². The summed E-state index contributed by atoms with van der Waals surface area (Å²) < 4.78 is 0. The summed E-state index contributed by atoms with van der Waals surface area (Å²) in [6.07, 6.45) is 10.7. The lowest BCUT2D eigenvalue weighted by Gasteiger charge is -2.27. The molecule has 0 aromatic rings. The SMILES string of the molecule is NC1CCCC(CNC(=O)NC2CCCCC2)C1. The van der Waals surface area contributed by atoms with Crippen molar-refractivity contribution < 1.29 is 4.79 Å². The molecule has 2 rings (SSSR count). The maximum Gasteiger partial charge on any atom is 0.315 e. The van der Waals surface area contributed by atoms with Crippen LogP contribution >= 0.6 is 0 Å². The van der Waals surface area contributed by atoms with Crippen LogP contribution in [0.3, 0.4) is 0 Å². The van der Waals surface area contributed by atoms with E-state index in [0.29, 0.717) is 18.0 Å². The summed E-state index contributed by atoms with van der Waals surface area (Å²) in [5.74, 6) is 0.575. The van der Waals surface area contributed by atoms with Crippen molar-refractivity contribution in [3.63, 3.8) is 0 Å². The number of urea groups is 1. The van der Waals surface area contributed by atoms with Crippen LogP contribution in [0.15, 0.2) is 0 Å². The Morgan fingerprint density at radius 2 is 1.83 bits per heavy atom. The monoisotopic (exact) mass is 253 g/mol. The van der Waals surface area contributed by atoms with Crippen molar-refractivity contribution in [1.82, 2.24) is 10.6 Å². The topological polar surface area (TPSA) is 67.1 Å². The van der Waals surface area contributed by atoms with Gasteiger partial charge >= 0.3 is 6.03 Å². The molecule has 0 aromatic carbocycles. The van der Waals surface area contributed by atoms with E-state index in [1.165, 1.54) is 32.1 Å². The molecule has 18 heavy (non-hydrogen) atoms. The summed E-state index contributed by atoms with van der Waals surface area (Å²) >= 11 is 0. The van der Waals surface area contributed by atoms with E-state index in [-0.39, 0.29) is 6.03 Å². The van der Waals surface area contributed by atoms with Crippen LogP contribution in [0.25, 0.3) is 0 Å². The Labute approximate surface area is 110 Å². The smallest absolute Gasteiger partial charge is 0.315 e. The van der Waals surface area contributed by atoms with Crippen LogP contribution in [0.2, 0.25) is 0 Å². The van der Waals surface area contributed by atoms with E-state index in [0.717, 1.165) is 32.2 Å². The number of carbonyl (C=O) groups excluding carboxylic acids is 1. The first-order chi connectivity index (χ1) is 8.74. The zero-order valence-electron chi connectivity index (χ0n) is 11.3. The summed E-state index contributed by atoms with van der Waals surface area (Å²) in [5, 5.41) is 6.10. The number of carbonyl (C=O) groups is 1. The van der Waals surface area contributed by atoms with E-state index in [9.17, 15) is 4.79 Å². The highest BCUT2D eigenvalue weighted by molar-refractivity contribution is 5.74. The molecule has 2 amide bonds. The first-order valence-electron chi connectivity index (χ1n) is 7.54. The molecule has 4 nitrogen and oxygen atoms in total. The van der Waals surface area contributed by atoms with Gasteiger partial charge in [0.1, 0.15) is 0 Å². The minimum Gasteiger partial charge on any atom is -0.338 e. The fourth-order valence-corrected chi connectivity index (χ4v) is 3.24. The summed E-state index contributed by atoms with van der Waals surface area (Å²) in [5.41, 5.74) is 5.95. The third-order valence-electron chi connectivity index (χ3n) is 4.32. The zero-order chi connectivity index (χ0) is 12.8. The molecule has 2 aliphatic rings. The number of nitrogens with two attached hydrogens (primary N) is 1. The lowest BCUT2D eigenvalue weighted by Crippen LogP contribution is -2.45. The number of nitrogens with one attached hydrogen (secondary N) is 2. The molecule has 0 spiro atoms. The number of hydrogen-bond acceptors (Lipinski definition) is 2. The minimum atomic E-state index is 0.0149. The van der Waals surface area contributed by atoms with Gasteiger partial charge in [-0.2, -0.15) is 0 Å². The van der Waals surface area contributed by atoms with Crippen molar-refractivity contribution in [2.24, 2.45) is 11.7 Å². The van der Waals surface area contributed by atoms with E-state index in [1.807, 2.05) is 0 Å². The van der Waals surface area contributed by atoms with Crippen LogP contribution in [0, 0.1) is 5.92 Å². The fraction of sp³-hybridized carbons (Fsp3) is 0.929. The molecule has 2 saturated carbocycles. The van der Waals surface area contributed by atoms with Gasteiger partial charge in [-0.15, -0.1) is 0 Å². The standard InChI is InChI=1S/C14H27N3O/c15-12-6-4-5-11(9-12)10-16-14(18)17-13-7-2-1-3-8-13/h11-13H,1-10,15H2,(H2,16,17,18). The Kier molecular flexibility index (Phi) is 5.29. The van der Waals surface area contributed by atoms with Crippen molar-refractivity contribution in [3.8, 4) is 0 Å².